The van der Waals surface area contributed by atoms with Gasteiger partial charge < -0.3 is 21.9 Å². The van der Waals surface area contributed by atoms with Crippen LogP contribution in [0.1, 0.15) is 43.4 Å². The fourth-order valence-corrected chi connectivity index (χ4v) is 1.07. The van der Waals surface area contributed by atoms with E-state index in [0.29, 0.717) is 0 Å². The van der Waals surface area contributed by atoms with Crippen molar-refractivity contribution < 1.29 is 92.4 Å². The van der Waals surface area contributed by atoms with Crippen LogP contribution in [-0.4, -0.2) is 54.3 Å². The van der Waals surface area contributed by atoms with Gasteiger partial charge in [-0.25, -0.2) is 29.1 Å². The predicted molar refractivity (Wildman–Crippen MR) is 51.0 cm³/mol. The summed E-state index contributed by atoms with van der Waals surface area (Å²) < 4.78 is 0. The topological polar surface area (TPSA) is 175 Å². The Morgan fingerprint density at radius 2 is 1.11 bits per heavy atom. The molecule has 0 aliphatic rings. The number of aromatic nitrogens is 2. The van der Waals surface area contributed by atoms with Crippen molar-refractivity contribution in [1.29, 1.82) is 0 Å². The minimum absolute atomic E-state index is 0. The van der Waals surface area contributed by atoms with E-state index in [1.165, 1.54) is 0 Å². The molecule has 19 heavy (non-hydrogen) atoms. The number of hydrogen-bond donors (Lipinski definition) is 4. The molecule has 0 spiro atoms. The molecule has 10 nitrogen and oxygen atoms in total. The molecule has 0 unspecified atom stereocenters. The molecule has 0 bridgehead atoms. The van der Waals surface area contributed by atoms with Crippen molar-refractivity contribution in [3.8, 4) is 0 Å². The van der Waals surface area contributed by atoms with Gasteiger partial charge in [0, 0.05) is 0 Å². The smallest absolute Gasteiger partial charge is 1.00 e. The molecule has 11 heteroatoms. The van der Waals surface area contributed by atoms with Gasteiger partial charge in [0.15, 0.2) is 11.4 Å². The number of rotatable bonds is 4. The molecule has 1 rings (SSSR count). The first-order valence-electron chi connectivity index (χ1n) is 4.11. The first-order valence-corrected chi connectivity index (χ1v) is 4.11. The average molecular weight is 296 g/mol. The van der Waals surface area contributed by atoms with E-state index in [0.717, 1.165) is 0 Å². The molecule has 1 heterocycles. The second-order valence-electron chi connectivity index (χ2n) is 2.84. The number of carboxylic acid groups (broad SMARTS) is 4. The second-order valence-corrected chi connectivity index (χ2v) is 2.84. The molecule has 0 saturated carbocycles. The zero-order chi connectivity index (χ0) is 14.0. The van der Waals surface area contributed by atoms with Crippen LogP contribution in [0.2, 0.25) is 0 Å². The van der Waals surface area contributed by atoms with Crippen molar-refractivity contribution in [2.24, 2.45) is 0 Å². The zero-order valence-corrected chi connectivity index (χ0v) is 12.4. The minimum Gasteiger partial charge on any atom is -1.00 e. The molecule has 1 aromatic heterocycles. The Hall–Kier alpha value is -1.40. The Morgan fingerprint density at radius 3 is 1.32 bits per heavy atom. The van der Waals surface area contributed by atoms with Crippen LogP contribution in [0.5, 0.6) is 0 Å². The normalized spacial score (nSPS) is 9.26. The van der Waals surface area contributed by atoms with Crippen molar-refractivity contribution in [2.75, 3.05) is 0 Å². The molecule has 0 fully saturated rings. The van der Waals surface area contributed by atoms with Gasteiger partial charge in [-0.15, -0.1) is 0 Å². The first-order chi connectivity index (χ1) is 8.25. The number of aromatic carboxylic acids is 4. The van der Waals surface area contributed by atoms with Gasteiger partial charge in [-0.2, -0.15) is 0 Å². The quantitative estimate of drug-likeness (QED) is 0.406. The van der Waals surface area contributed by atoms with Gasteiger partial charge in [0.05, 0.1) is 0 Å². The fraction of sp³-hybridized carbons (Fsp3) is 0. The largest absolute Gasteiger partial charge is 1.00 e. The van der Waals surface area contributed by atoms with Crippen LogP contribution in [0, 0.1) is 0 Å². The van der Waals surface area contributed by atoms with E-state index in [2.05, 4.69) is 9.97 Å². The molecule has 4 N–H and O–H groups in total. The molecule has 0 amide bonds. The summed E-state index contributed by atoms with van der Waals surface area (Å²) in [6.45, 7) is 0. The maximum atomic E-state index is 10.8. The third-order valence-corrected chi connectivity index (χ3v) is 1.72. The molecular weight excluding hydrogens is 291 g/mol. The van der Waals surface area contributed by atoms with Crippen LogP contribution in [0.3, 0.4) is 0 Å². The first kappa shape index (κ1) is 17.6. The van der Waals surface area contributed by atoms with Gasteiger partial charge in [0.2, 0.25) is 5.82 Å². The van der Waals surface area contributed by atoms with Crippen LogP contribution in [-0.2, 0) is 0 Å². The summed E-state index contributed by atoms with van der Waals surface area (Å²) in [5, 5.41) is 34.7. The van der Waals surface area contributed by atoms with E-state index in [9.17, 15) is 19.2 Å². The van der Waals surface area contributed by atoms with Gasteiger partial charge in [-0.05, 0) is 0 Å². The third kappa shape index (κ3) is 3.78. The SMILES string of the molecule is O=C(O)c1nc(C(=O)O)c(C(=O)O)c(C(=O)O)n1.[H-].[K+]. The van der Waals surface area contributed by atoms with Gasteiger partial charge in [-0.3, -0.25) is 0 Å². The monoisotopic (exact) mass is 296 g/mol. The van der Waals surface area contributed by atoms with Crippen molar-refractivity contribution >= 4 is 23.9 Å². The summed E-state index contributed by atoms with van der Waals surface area (Å²) >= 11 is 0. The molecule has 0 radical (unpaired) electrons. The van der Waals surface area contributed by atoms with Crippen molar-refractivity contribution in [3.05, 3.63) is 22.8 Å². The van der Waals surface area contributed by atoms with Crippen molar-refractivity contribution in [1.82, 2.24) is 9.97 Å². The van der Waals surface area contributed by atoms with E-state index >= 15 is 0 Å². The number of carbonyl (C=O) groups is 4. The van der Waals surface area contributed by atoms with Crippen LogP contribution in [0.4, 0.5) is 0 Å². The molecule has 96 valence electrons. The summed E-state index contributed by atoms with van der Waals surface area (Å²) in [7, 11) is 0. The predicted octanol–water partition coefficient (Wildman–Crippen LogP) is -3.61. The number of carboxylic acids is 4. The molecule has 0 aliphatic carbocycles. The van der Waals surface area contributed by atoms with Gasteiger partial charge in [0.1, 0.15) is 5.56 Å². The fourth-order valence-electron chi connectivity index (χ4n) is 1.07. The van der Waals surface area contributed by atoms with E-state index in [1.54, 1.807) is 0 Å². The van der Waals surface area contributed by atoms with E-state index < -0.39 is 46.7 Å². The standard InChI is InChI=1S/C8H4N2O8.K.H/c11-5(12)1-2(6(13)14)9-4(8(17)18)10-3(1)7(15)16;;/h(H,11,12)(H,13,14)(H,15,16)(H,17,18);;/q;+1;-1. The van der Waals surface area contributed by atoms with E-state index in [-0.39, 0.29) is 52.8 Å². The maximum Gasteiger partial charge on any atom is 1.00 e. The summed E-state index contributed by atoms with van der Waals surface area (Å²) in [6, 6.07) is 0. The Labute approximate surface area is 148 Å². The van der Waals surface area contributed by atoms with Crippen molar-refractivity contribution in [3.63, 3.8) is 0 Å². The number of nitrogens with zero attached hydrogens (tertiary/aromatic N) is 2. The summed E-state index contributed by atoms with van der Waals surface area (Å²) in [6.07, 6.45) is 0. The molecule has 0 atom stereocenters. The van der Waals surface area contributed by atoms with Crippen molar-refractivity contribution in [2.45, 2.75) is 0 Å². The summed E-state index contributed by atoms with van der Waals surface area (Å²) in [5.74, 6) is -8.53. The minimum atomic E-state index is -1.89. The maximum absolute atomic E-state index is 10.8. The van der Waals surface area contributed by atoms with E-state index in [1.807, 2.05) is 0 Å². The Bertz CT molecular complexity index is 555. The number of hydrogen-bond acceptors (Lipinski definition) is 6. The van der Waals surface area contributed by atoms with Gasteiger partial charge >= 0.3 is 75.3 Å². The second kappa shape index (κ2) is 6.67. The zero-order valence-electron chi connectivity index (χ0n) is 10.3. The molecule has 1 aromatic rings. The Morgan fingerprint density at radius 1 is 0.737 bits per heavy atom. The third-order valence-electron chi connectivity index (χ3n) is 1.72. The van der Waals surface area contributed by atoms with Crippen LogP contribution in [0.15, 0.2) is 0 Å². The van der Waals surface area contributed by atoms with Gasteiger partial charge in [-0.1, -0.05) is 0 Å². The van der Waals surface area contributed by atoms with Crippen LogP contribution >= 0.6 is 0 Å². The van der Waals surface area contributed by atoms with Crippen LogP contribution in [0.25, 0.3) is 0 Å². The molecule has 0 aromatic carbocycles. The summed E-state index contributed by atoms with van der Waals surface area (Å²) in [4.78, 5) is 48.8. The summed E-state index contributed by atoms with van der Waals surface area (Å²) in [5.41, 5.74) is -3.58. The molecular formula is C8H5KN2O8. The Balaban J connectivity index is 0. The van der Waals surface area contributed by atoms with Crippen LogP contribution < -0.4 is 51.4 Å². The van der Waals surface area contributed by atoms with E-state index in [4.69, 9.17) is 20.4 Å². The molecule has 0 aliphatic heterocycles. The average Bonchev–Trinajstić information content (AvgIpc) is 2.26. The molecule has 0 saturated heterocycles. The Kier molecular flexibility index (Phi) is 6.18. The van der Waals surface area contributed by atoms with Gasteiger partial charge in [0.25, 0.3) is 0 Å².